The molecule has 3 heteroatoms. The van der Waals surface area contributed by atoms with E-state index in [-0.39, 0.29) is 11.7 Å². The first-order valence-corrected chi connectivity index (χ1v) is 6.46. The standard InChI is InChI=1S/C11H16O2S/c1-7(2)11(12)8-5-9-3-4-10(6-8)14(9)13/h8-10H,1,3-6H2,2H3. The first-order chi connectivity index (χ1) is 6.59. The van der Waals surface area contributed by atoms with E-state index in [9.17, 15) is 9.00 Å². The molecule has 0 amide bonds. The van der Waals surface area contributed by atoms with Gasteiger partial charge in [-0.1, -0.05) is 6.58 Å². The molecule has 0 saturated carbocycles. The van der Waals surface area contributed by atoms with Crippen LogP contribution in [0.2, 0.25) is 0 Å². The van der Waals surface area contributed by atoms with E-state index < -0.39 is 10.8 Å². The van der Waals surface area contributed by atoms with Crippen molar-refractivity contribution in [1.29, 1.82) is 0 Å². The highest BCUT2D eigenvalue weighted by Crippen LogP contribution is 2.39. The molecule has 0 aromatic carbocycles. The quantitative estimate of drug-likeness (QED) is 0.654. The number of carbonyl (C=O) groups excluding carboxylic acids is 1. The number of ketones is 1. The molecule has 2 atom stereocenters. The number of Topliss-reactive ketones (excluding diaryl/α,β-unsaturated/α-hetero) is 1. The van der Waals surface area contributed by atoms with Crippen LogP contribution in [0.3, 0.4) is 0 Å². The average Bonchev–Trinajstić information content (AvgIpc) is 2.42. The maximum Gasteiger partial charge on any atom is 0.161 e. The Morgan fingerprint density at radius 2 is 1.79 bits per heavy atom. The largest absolute Gasteiger partial charge is 0.294 e. The molecule has 0 aromatic heterocycles. The molecule has 2 heterocycles. The van der Waals surface area contributed by atoms with Crippen molar-refractivity contribution in [3.8, 4) is 0 Å². The van der Waals surface area contributed by atoms with Crippen molar-refractivity contribution in [2.75, 3.05) is 0 Å². The van der Waals surface area contributed by atoms with Gasteiger partial charge in [0, 0.05) is 27.2 Å². The molecule has 2 fully saturated rings. The van der Waals surface area contributed by atoms with Gasteiger partial charge in [0.25, 0.3) is 0 Å². The van der Waals surface area contributed by atoms with E-state index >= 15 is 0 Å². The zero-order valence-corrected chi connectivity index (χ0v) is 9.31. The molecule has 0 aromatic rings. The second kappa shape index (κ2) is 3.61. The lowest BCUT2D eigenvalue weighted by molar-refractivity contribution is -0.119. The zero-order chi connectivity index (χ0) is 10.3. The summed E-state index contributed by atoms with van der Waals surface area (Å²) >= 11 is 0. The molecule has 2 bridgehead atoms. The topological polar surface area (TPSA) is 34.1 Å². The highest BCUT2D eigenvalue weighted by Gasteiger charge is 2.42. The Bertz CT molecular complexity index is 292. The third-order valence-corrected chi connectivity index (χ3v) is 5.52. The van der Waals surface area contributed by atoms with Crippen molar-refractivity contribution in [3.63, 3.8) is 0 Å². The van der Waals surface area contributed by atoms with Crippen LogP contribution in [0.1, 0.15) is 32.6 Å². The molecule has 2 aliphatic heterocycles. The highest BCUT2D eigenvalue weighted by atomic mass is 32.2. The van der Waals surface area contributed by atoms with E-state index in [1.807, 2.05) is 0 Å². The minimum atomic E-state index is -0.651. The van der Waals surface area contributed by atoms with E-state index in [0.717, 1.165) is 25.7 Å². The summed E-state index contributed by atoms with van der Waals surface area (Å²) in [6, 6.07) is 0. The molecule has 2 aliphatic rings. The Balaban J connectivity index is 2.10. The maximum absolute atomic E-state index is 11.7. The molecule has 2 unspecified atom stereocenters. The number of hydrogen-bond acceptors (Lipinski definition) is 2. The normalized spacial score (nSPS) is 40.9. The van der Waals surface area contributed by atoms with Crippen LogP contribution in [0, 0.1) is 5.92 Å². The molecule has 0 aliphatic carbocycles. The minimum Gasteiger partial charge on any atom is -0.294 e. The van der Waals surface area contributed by atoms with Gasteiger partial charge in [-0.05, 0) is 38.2 Å². The molecule has 2 nitrogen and oxygen atoms in total. The summed E-state index contributed by atoms with van der Waals surface area (Å²) in [6.45, 7) is 5.47. The third kappa shape index (κ3) is 1.58. The summed E-state index contributed by atoms with van der Waals surface area (Å²) in [7, 11) is -0.651. The van der Waals surface area contributed by atoms with E-state index in [1.165, 1.54) is 0 Å². The molecular weight excluding hydrogens is 196 g/mol. The molecule has 0 spiro atoms. The fourth-order valence-electron chi connectivity index (χ4n) is 2.60. The van der Waals surface area contributed by atoms with Gasteiger partial charge < -0.3 is 0 Å². The number of carbonyl (C=O) groups is 1. The van der Waals surface area contributed by atoms with E-state index in [0.29, 0.717) is 16.1 Å². The van der Waals surface area contributed by atoms with Crippen LogP contribution in [-0.4, -0.2) is 20.5 Å². The predicted molar refractivity (Wildman–Crippen MR) is 57.5 cm³/mol. The van der Waals surface area contributed by atoms with Crippen LogP contribution in [0.4, 0.5) is 0 Å². The second-order valence-electron chi connectivity index (χ2n) is 4.46. The molecule has 0 radical (unpaired) electrons. The summed E-state index contributed by atoms with van der Waals surface area (Å²) in [6.07, 6.45) is 3.76. The monoisotopic (exact) mass is 212 g/mol. The van der Waals surface area contributed by atoms with Gasteiger partial charge in [0.05, 0.1) is 0 Å². The minimum absolute atomic E-state index is 0.114. The smallest absolute Gasteiger partial charge is 0.161 e. The lowest BCUT2D eigenvalue weighted by Crippen LogP contribution is -2.32. The van der Waals surface area contributed by atoms with E-state index in [2.05, 4.69) is 6.58 Å². The number of hydrogen-bond donors (Lipinski definition) is 0. The summed E-state index contributed by atoms with van der Waals surface area (Å²) in [5.74, 6) is 0.307. The first-order valence-electron chi connectivity index (χ1n) is 5.18. The zero-order valence-electron chi connectivity index (χ0n) is 8.49. The van der Waals surface area contributed by atoms with Crippen LogP contribution >= 0.6 is 0 Å². The molecule has 14 heavy (non-hydrogen) atoms. The van der Waals surface area contributed by atoms with Gasteiger partial charge in [-0.25, -0.2) is 0 Å². The van der Waals surface area contributed by atoms with Gasteiger partial charge in [0.1, 0.15) is 0 Å². The Hall–Kier alpha value is -0.440. The first kappa shape index (κ1) is 10.1. The second-order valence-corrected chi connectivity index (χ2v) is 6.45. The molecule has 2 rings (SSSR count). The fraction of sp³-hybridized carbons (Fsp3) is 0.727. The van der Waals surface area contributed by atoms with Crippen molar-refractivity contribution in [1.82, 2.24) is 0 Å². The Morgan fingerprint density at radius 1 is 1.29 bits per heavy atom. The molecular formula is C11H16O2S. The number of rotatable bonds is 2. The van der Waals surface area contributed by atoms with Gasteiger partial charge >= 0.3 is 0 Å². The summed E-state index contributed by atoms with van der Waals surface area (Å²) in [5, 5.41) is 0.587. The van der Waals surface area contributed by atoms with Gasteiger partial charge in [-0.3, -0.25) is 9.00 Å². The maximum atomic E-state index is 11.7. The Kier molecular flexibility index (Phi) is 2.60. The summed E-state index contributed by atoms with van der Waals surface area (Å²) < 4.78 is 11.7. The fourth-order valence-corrected chi connectivity index (χ4v) is 4.72. The average molecular weight is 212 g/mol. The third-order valence-electron chi connectivity index (χ3n) is 3.35. The SMILES string of the molecule is C=C(C)C(=O)C1CC2CCC(C1)S2=O. The number of allylic oxidation sites excluding steroid dienone is 1. The van der Waals surface area contributed by atoms with Crippen LogP contribution in [0.25, 0.3) is 0 Å². The van der Waals surface area contributed by atoms with Crippen LogP contribution in [0.5, 0.6) is 0 Å². The van der Waals surface area contributed by atoms with Crippen molar-refractivity contribution in [3.05, 3.63) is 12.2 Å². The highest BCUT2D eigenvalue weighted by molar-refractivity contribution is 7.86. The Morgan fingerprint density at radius 3 is 2.21 bits per heavy atom. The molecule has 2 saturated heterocycles. The van der Waals surface area contributed by atoms with Gasteiger partial charge in [-0.2, -0.15) is 0 Å². The van der Waals surface area contributed by atoms with Gasteiger partial charge in [0.15, 0.2) is 5.78 Å². The van der Waals surface area contributed by atoms with Crippen molar-refractivity contribution in [2.45, 2.75) is 43.1 Å². The van der Waals surface area contributed by atoms with Crippen LogP contribution < -0.4 is 0 Å². The van der Waals surface area contributed by atoms with Crippen molar-refractivity contribution in [2.24, 2.45) is 5.92 Å². The molecule has 78 valence electrons. The molecule has 0 N–H and O–H groups in total. The predicted octanol–water partition coefficient (Wildman–Crippen LogP) is 1.82. The number of fused-ring (bicyclic) bond motifs is 2. The summed E-state index contributed by atoms with van der Waals surface area (Å²) in [5.41, 5.74) is 0.655. The van der Waals surface area contributed by atoms with E-state index in [1.54, 1.807) is 6.92 Å². The van der Waals surface area contributed by atoms with E-state index in [4.69, 9.17) is 0 Å². The summed E-state index contributed by atoms with van der Waals surface area (Å²) in [4.78, 5) is 11.7. The lowest BCUT2D eigenvalue weighted by atomic mass is 9.91. The van der Waals surface area contributed by atoms with Gasteiger partial charge in [0.2, 0.25) is 0 Å². The Labute approximate surface area is 87.2 Å². The van der Waals surface area contributed by atoms with Crippen molar-refractivity contribution >= 4 is 16.6 Å². The lowest BCUT2D eigenvalue weighted by Gasteiger charge is -2.26. The van der Waals surface area contributed by atoms with Crippen LogP contribution in [-0.2, 0) is 15.6 Å². The van der Waals surface area contributed by atoms with Crippen molar-refractivity contribution < 1.29 is 9.00 Å². The van der Waals surface area contributed by atoms with Crippen LogP contribution in [0.15, 0.2) is 12.2 Å². The van der Waals surface area contributed by atoms with Gasteiger partial charge in [-0.15, -0.1) is 0 Å².